The van der Waals surface area contributed by atoms with E-state index < -0.39 is 0 Å². The third kappa shape index (κ3) is 2.54. The van der Waals surface area contributed by atoms with Crippen molar-refractivity contribution in [2.75, 3.05) is 19.8 Å². The van der Waals surface area contributed by atoms with Gasteiger partial charge in [0.2, 0.25) is 0 Å². The van der Waals surface area contributed by atoms with Gasteiger partial charge in [0.05, 0.1) is 30.0 Å². The molecule has 0 bridgehead atoms. The first kappa shape index (κ1) is 13.1. The maximum atomic E-state index is 12.5. The number of hydrogen-bond acceptors (Lipinski definition) is 6. The highest BCUT2D eigenvalue weighted by Crippen LogP contribution is 2.26. The number of morpholine rings is 1. The third-order valence-electron chi connectivity index (χ3n) is 3.17. The van der Waals surface area contributed by atoms with E-state index in [1.807, 2.05) is 12.3 Å². The summed E-state index contributed by atoms with van der Waals surface area (Å²) >= 11 is 1.58. The van der Waals surface area contributed by atoms with E-state index >= 15 is 0 Å². The molecule has 0 N–H and O–H groups in total. The number of carbonyl (C=O) groups is 1. The summed E-state index contributed by atoms with van der Waals surface area (Å²) in [5, 5.41) is 2.97. The molecule has 0 saturated carbocycles. The second-order valence-corrected chi connectivity index (χ2v) is 5.54. The zero-order valence-electron chi connectivity index (χ0n) is 11.0. The summed E-state index contributed by atoms with van der Waals surface area (Å²) in [6.45, 7) is 3.51. The van der Waals surface area contributed by atoms with Gasteiger partial charge in [-0.25, -0.2) is 15.0 Å². The van der Waals surface area contributed by atoms with Crippen molar-refractivity contribution in [3.8, 4) is 0 Å². The lowest BCUT2D eigenvalue weighted by atomic mass is 10.1. The predicted octanol–water partition coefficient (Wildman–Crippen LogP) is 1.46. The fraction of sp³-hybridized carbons (Fsp3) is 0.385. The molecule has 1 saturated heterocycles. The first-order valence-electron chi connectivity index (χ1n) is 6.32. The molecular formula is C13H14N4O2S. The molecule has 2 aromatic rings. The second kappa shape index (κ2) is 5.64. The molecule has 0 radical (unpaired) electrons. The van der Waals surface area contributed by atoms with E-state index in [9.17, 15) is 4.79 Å². The normalized spacial score (nSPS) is 19.1. The van der Waals surface area contributed by atoms with Crippen LogP contribution in [0.15, 0.2) is 24.0 Å². The third-order valence-corrected chi connectivity index (χ3v) is 3.96. The van der Waals surface area contributed by atoms with Crippen molar-refractivity contribution in [1.29, 1.82) is 0 Å². The Bertz CT molecular complexity index is 601. The van der Waals surface area contributed by atoms with Crippen molar-refractivity contribution < 1.29 is 9.53 Å². The van der Waals surface area contributed by atoms with Crippen LogP contribution in [-0.4, -0.2) is 45.5 Å². The molecule has 0 aliphatic carbocycles. The van der Waals surface area contributed by atoms with Crippen LogP contribution in [0.1, 0.15) is 27.2 Å². The molecular weight excluding hydrogens is 276 g/mol. The highest BCUT2D eigenvalue weighted by Gasteiger charge is 2.31. The summed E-state index contributed by atoms with van der Waals surface area (Å²) in [5.41, 5.74) is 1.29. The summed E-state index contributed by atoms with van der Waals surface area (Å²) in [6, 6.07) is 1.48. The molecule has 3 rings (SSSR count). The van der Waals surface area contributed by atoms with Gasteiger partial charge in [0.1, 0.15) is 12.0 Å². The Labute approximate surface area is 120 Å². The van der Waals surface area contributed by atoms with Crippen LogP contribution in [0.5, 0.6) is 0 Å². The number of hydrogen-bond donors (Lipinski definition) is 0. The Balaban J connectivity index is 1.87. The molecule has 0 aromatic carbocycles. The van der Waals surface area contributed by atoms with Crippen LogP contribution in [0, 0.1) is 6.92 Å². The Hall–Kier alpha value is -1.86. The van der Waals surface area contributed by atoms with Gasteiger partial charge in [0.15, 0.2) is 0 Å². The Kier molecular flexibility index (Phi) is 3.70. The number of amides is 1. The zero-order chi connectivity index (χ0) is 13.9. The molecule has 1 aliphatic heterocycles. The van der Waals surface area contributed by atoms with Crippen molar-refractivity contribution in [3.05, 3.63) is 40.4 Å². The summed E-state index contributed by atoms with van der Waals surface area (Å²) in [7, 11) is 0. The largest absolute Gasteiger partial charge is 0.377 e. The minimum atomic E-state index is -0.142. The first-order valence-corrected chi connectivity index (χ1v) is 7.20. The van der Waals surface area contributed by atoms with Crippen LogP contribution in [0.25, 0.3) is 0 Å². The number of nitrogens with zero attached hydrogens (tertiary/aromatic N) is 4. The quantitative estimate of drug-likeness (QED) is 0.837. The monoisotopic (exact) mass is 290 g/mol. The standard InChI is InChI=1S/C13H14N4O2S/c1-9-16-11(7-20-9)12-6-19-5-4-17(12)13(18)10-2-3-14-8-15-10/h2-3,7-8,12H,4-6H2,1H3/t12-/m1/s1. The van der Waals surface area contributed by atoms with Gasteiger partial charge >= 0.3 is 0 Å². The average Bonchev–Trinajstić information content (AvgIpc) is 2.94. The van der Waals surface area contributed by atoms with E-state index in [4.69, 9.17) is 4.74 Å². The Morgan fingerprint density at radius 1 is 1.55 bits per heavy atom. The number of rotatable bonds is 2. The van der Waals surface area contributed by atoms with E-state index in [1.54, 1.807) is 28.5 Å². The summed E-state index contributed by atoms with van der Waals surface area (Å²) in [5.74, 6) is -0.105. The van der Waals surface area contributed by atoms with Gasteiger partial charge in [-0.1, -0.05) is 0 Å². The highest BCUT2D eigenvalue weighted by molar-refractivity contribution is 7.09. The molecule has 104 valence electrons. The topological polar surface area (TPSA) is 68.2 Å². The van der Waals surface area contributed by atoms with E-state index in [1.165, 1.54) is 6.33 Å². The highest BCUT2D eigenvalue weighted by atomic mass is 32.1. The maximum absolute atomic E-state index is 12.5. The van der Waals surface area contributed by atoms with Crippen LogP contribution in [-0.2, 0) is 4.74 Å². The molecule has 0 spiro atoms. The molecule has 7 heteroatoms. The van der Waals surface area contributed by atoms with Gasteiger partial charge in [0.25, 0.3) is 5.91 Å². The summed E-state index contributed by atoms with van der Waals surface area (Å²) < 4.78 is 5.50. The number of carbonyl (C=O) groups excluding carboxylic acids is 1. The van der Waals surface area contributed by atoms with Crippen LogP contribution in [0.2, 0.25) is 0 Å². The summed E-state index contributed by atoms with van der Waals surface area (Å²) in [6.07, 6.45) is 2.96. The Morgan fingerprint density at radius 2 is 2.45 bits per heavy atom. The first-order chi connectivity index (χ1) is 9.75. The lowest BCUT2D eigenvalue weighted by molar-refractivity contribution is -0.00408. The molecule has 2 aromatic heterocycles. The second-order valence-electron chi connectivity index (χ2n) is 4.48. The van der Waals surface area contributed by atoms with Gasteiger partial charge in [0, 0.05) is 18.1 Å². The van der Waals surface area contributed by atoms with Gasteiger partial charge in [-0.2, -0.15) is 0 Å². The Morgan fingerprint density at radius 3 is 3.15 bits per heavy atom. The number of thiazole rings is 1. The number of aryl methyl sites for hydroxylation is 1. The van der Waals surface area contributed by atoms with E-state index in [0.717, 1.165) is 10.7 Å². The molecule has 20 heavy (non-hydrogen) atoms. The zero-order valence-corrected chi connectivity index (χ0v) is 11.8. The van der Waals surface area contributed by atoms with E-state index in [0.29, 0.717) is 25.5 Å². The van der Waals surface area contributed by atoms with Gasteiger partial charge in [-0.3, -0.25) is 4.79 Å². The van der Waals surface area contributed by atoms with Crippen molar-refractivity contribution in [1.82, 2.24) is 19.9 Å². The minimum absolute atomic E-state index is 0.105. The number of ether oxygens (including phenoxy) is 1. The lowest BCUT2D eigenvalue weighted by Crippen LogP contribution is -2.43. The predicted molar refractivity (Wildman–Crippen MR) is 73.5 cm³/mol. The summed E-state index contributed by atoms with van der Waals surface area (Å²) in [4.78, 5) is 26.7. The van der Waals surface area contributed by atoms with Crippen LogP contribution in [0.3, 0.4) is 0 Å². The van der Waals surface area contributed by atoms with Crippen molar-refractivity contribution in [3.63, 3.8) is 0 Å². The van der Waals surface area contributed by atoms with Gasteiger partial charge < -0.3 is 9.64 Å². The van der Waals surface area contributed by atoms with Crippen LogP contribution in [0.4, 0.5) is 0 Å². The molecule has 1 aliphatic rings. The molecule has 1 amide bonds. The molecule has 1 atom stereocenters. The molecule has 3 heterocycles. The molecule has 0 unspecified atom stereocenters. The van der Waals surface area contributed by atoms with E-state index in [-0.39, 0.29) is 11.9 Å². The maximum Gasteiger partial charge on any atom is 0.273 e. The van der Waals surface area contributed by atoms with Crippen molar-refractivity contribution >= 4 is 17.2 Å². The number of aromatic nitrogens is 3. The van der Waals surface area contributed by atoms with Crippen LogP contribution < -0.4 is 0 Å². The van der Waals surface area contributed by atoms with Crippen LogP contribution >= 0.6 is 11.3 Å². The fourth-order valence-corrected chi connectivity index (χ4v) is 2.85. The molecule has 6 nitrogen and oxygen atoms in total. The SMILES string of the molecule is Cc1nc([C@H]2COCCN2C(=O)c2ccncn2)cs1. The lowest BCUT2D eigenvalue weighted by Gasteiger charge is -2.34. The minimum Gasteiger partial charge on any atom is -0.377 e. The van der Waals surface area contributed by atoms with Crippen molar-refractivity contribution in [2.24, 2.45) is 0 Å². The van der Waals surface area contributed by atoms with Crippen molar-refractivity contribution in [2.45, 2.75) is 13.0 Å². The van der Waals surface area contributed by atoms with E-state index in [2.05, 4.69) is 15.0 Å². The smallest absolute Gasteiger partial charge is 0.273 e. The van der Waals surface area contributed by atoms with Gasteiger partial charge in [-0.15, -0.1) is 11.3 Å². The fourth-order valence-electron chi connectivity index (χ4n) is 2.19. The average molecular weight is 290 g/mol. The van der Waals surface area contributed by atoms with Gasteiger partial charge in [-0.05, 0) is 13.0 Å². The molecule has 1 fully saturated rings.